The maximum absolute atomic E-state index is 12.6. The van der Waals surface area contributed by atoms with Crippen LogP contribution >= 0.6 is 12.4 Å². The van der Waals surface area contributed by atoms with Crippen molar-refractivity contribution in [3.8, 4) is 0 Å². The lowest BCUT2D eigenvalue weighted by molar-refractivity contribution is 0.0690. The molecule has 1 amide bonds. The predicted molar refractivity (Wildman–Crippen MR) is 91.0 cm³/mol. The topological polar surface area (TPSA) is 71.3 Å². The zero-order valence-electron chi connectivity index (χ0n) is 13.5. The average Bonchev–Trinajstić information content (AvgIpc) is 2.93. The molecule has 126 valence electrons. The molecule has 3 rings (SSSR count). The predicted octanol–water partition coefficient (Wildman–Crippen LogP) is 2.41. The highest BCUT2D eigenvalue weighted by Gasteiger charge is 2.24. The van der Waals surface area contributed by atoms with E-state index in [0.717, 1.165) is 50.1 Å². The summed E-state index contributed by atoms with van der Waals surface area (Å²) in [6.45, 7) is 7.66. The van der Waals surface area contributed by atoms with Crippen LogP contribution in [0.1, 0.15) is 35.8 Å². The van der Waals surface area contributed by atoms with Crippen LogP contribution in [0, 0.1) is 12.8 Å². The summed E-state index contributed by atoms with van der Waals surface area (Å²) in [5.41, 5.74) is 1.86. The fourth-order valence-electron chi connectivity index (χ4n) is 2.93. The third-order valence-electron chi connectivity index (χ3n) is 4.34. The Hall–Kier alpha value is -1.66. The molecule has 1 fully saturated rings. The van der Waals surface area contributed by atoms with Gasteiger partial charge in [0.05, 0.1) is 16.6 Å². The van der Waals surface area contributed by atoms with Crippen LogP contribution in [0.5, 0.6) is 0 Å². The van der Waals surface area contributed by atoms with Crippen LogP contribution in [0.4, 0.5) is 0 Å². The Morgan fingerprint density at radius 1 is 1.43 bits per heavy atom. The molecule has 23 heavy (non-hydrogen) atoms. The number of fused-ring (bicyclic) bond motifs is 1. The maximum atomic E-state index is 12.6. The van der Waals surface area contributed by atoms with Crippen LogP contribution < -0.4 is 5.32 Å². The number of hydrogen-bond acceptors (Lipinski definition) is 5. The summed E-state index contributed by atoms with van der Waals surface area (Å²) in [6.07, 6.45) is 3.70. The number of carbonyl (C=O) groups is 1. The van der Waals surface area contributed by atoms with Gasteiger partial charge >= 0.3 is 0 Å². The molecule has 1 aliphatic rings. The summed E-state index contributed by atoms with van der Waals surface area (Å²) >= 11 is 0. The summed E-state index contributed by atoms with van der Waals surface area (Å²) in [7, 11) is 0. The Balaban J connectivity index is 0.00000192. The molecular formula is C16H23ClN4O2. The number of halogens is 1. The molecule has 6 nitrogen and oxygen atoms in total. The molecular weight excluding hydrogens is 316 g/mol. The molecule has 0 aliphatic carbocycles. The fraction of sp³-hybridized carbons (Fsp3) is 0.562. The van der Waals surface area contributed by atoms with E-state index < -0.39 is 0 Å². The number of likely N-dealkylation sites (tertiary alicyclic amines) is 1. The van der Waals surface area contributed by atoms with Crippen molar-refractivity contribution in [3.63, 3.8) is 0 Å². The Bertz CT molecular complexity index is 665. The van der Waals surface area contributed by atoms with E-state index in [2.05, 4.69) is 22.4 Å². The molecule has 1 aliphatic heterocycles. The summed E-state index contributed by atoms with van der Waals surface area (Å²) < 4.78 is 5.09. The van der Waals surface area contributed by atoms with Gasteiger partial charge in [0, 0.05) is 19.3 Å². The highest BCUT2D eigenvalue weighted by molar-refractivity contribution is 5.97. The Morgan fingerprint density at radius 2 is 2.17 bits per heavy atom. The number of nitrogens with one attached hydrogen (secondary N) is 1. The number of pyridine rings is 1. The monoisotopic (exact) mass is 338 g/mol. The highest BCUT2D eigenvalue weighted by Crippen LogP contribution is 2.21. The van der Waals surface area contributed by atoms with Crippen molar-refractivity contribution in [2.45, 2.75) is 26.7 Å². The zero-order chi connectivity index (χ0) is 15.5. The first-order chi connectivity index (χ1) is 10.7. The molecule has 2 aromatic heterocycles. The van der Waals surface area contributed by atoms with Crippen molar-refractivity contribution in [2.24, 2.45) is 5.92 Å². The van der Waals surface area contributed by atoms with Crippen LogP contribution in [0.15, 0.2) is 16.8 Å². The summed E-state index contributed by atoms with van der Waals surface area (Å²) in [4.78, 5) is 18.7. The number of aryl methyl sites for hydroxylation is 1. The van der Waals surface area contributed by atoms with Gasteiger partial charge in [-0.2, -0.15) is 0 Å². The van der Waals surface area contributed by atoms with Gasteiger partial charge in [-0.1, -0.05) is 12.1 Å². The second-order valence-electron chi connectivity index (χ2n) is 5.89. The van der Waals surface area contributed by atoms with Crippen LogP contribution in [0.3, 0.4) is 0 Å². The van der Waals surface area contributed by atoms with Gasteiger partial charge in [-0.3, -0.25) is 4.79 Å². The van der Waals surface area contributed by atoms with Gasteiger partial charge in [0.25, 0.3) is 11.6 Å². The SMILES string of the molecule is CCNCC1CCN(C(=O)c2cnc3onc(C)c3c2)CC1.Cl. The van der Waals surface area contributed by atoms with Gasteiger partial charge in [-0.05, 0) is 44.8 Å². The maximum Gasteiger partial charge on any atom is 0.257 e. The van der Waals surface area contributed by atoms with E-state index in [1.165, 1.54) is 0 Å². The fourth-order valence-corrected chi connectivity index (χ4v) is 2.93. The van der Waals surface area contributed by atoms with Crippen molar-refractivity contribution >= 4 is 29.4 Å². The van der Waals surface area contributed by atoms with Gasteiger partial charge < -0.3 is 14.7 Å². The second kappa shape index (κ2) is 7.75. The molecule has 3 heterocycles. The number of carbonyl (C=O) groups excluding carboxylic acids is 1. The molecule has 0 saturated carbocycles. The minimum Gasteiger partial charge on any atom is -0.339 e. The Kier molecular flexibility index (Phi) is 5.96. The van der Waals surface area contributed by atoms with E-state index in [1.54, 1.807) is 6.20 Å². The van der Waals surface area contributed by atoms with Crippen molar-refractivity contribution in [1.29, 1.82) is 0 Å². The standard InChI is InChI=1S/C16H22N4O2.ClH/c1-3-17-9-12-4-6-20(7-5-12)16(21)13-8-14-11(2)19-22-15(14)18-10-13;/h8,10,12,17H,3-7,9H2,1-2H3;1H. The van der Waals surface area contributed by atoms with Gasteiger partial charge in [0.15, 0.2) is 0 Å². The third-order valence-corrected chi connectivity index (χ3v) is 4.34. The zero-order valence-corrected chi connectivity index (χ0v) is 14.4. The molecule has 0 unspecified atom stereocenters. The molecule has 0 aromatic carbocycles. The van der Waals surface area contributed by atoms with E-state index in [1.807, 2.05) is 17.9 Å². The van der Waals surface area contributed by atoms with Crippen LogP contribution in [0.2, 0.25) is 0 Å². The number of piperidine rings is 1. The van der Waals surface area contributed by atoms with Crippen molar-refractivity contribution in [1.82, 2.24) is 20.4 Å². The van der Waals surface area contributed by atoms with Gasteiger partial charge in [0.1, 0.15) is 0 Å². The van der Waals surface area contributed by atoms with Gasteiger partial charge in [-0.15, -0.1) is 12.4 Å². The van der Waals surface area contributed by atoms with E-state index >= 15 is 0 Å². The summed E-state index contributed by atoms with van der Waals surface area (Å²) in [5, 5.41) is 8.08. The van der Waals surface area contributed by atoms with E-state index in [4.69, 9.17) is 4.52 Å². The number of aromatic nitrogens is 2. The number of hydrogen-bond donors (Lipinski definition) is 1. The van der Waals surface area contributed by atoms with E-state index in [0.29, 0.717) is 17.2 Å². The van der Waals surface area contributed by atoms with Crippen LogP contribution in [-0.4, -0.2) is 47.1 Å². The number of amides is 1. The molecule has 0 atom stereocenters. The first-order valence-corrected chi connectivity index (χ1v) is 7.91. The second-order valence-corrected chi connectivity index (χ2v) is 5.89. The normalized spacial score (nSPS) is 15.7. The molecule has 0 bridgehead atoms. The Labute approximate surface area is 142 Å². The quantitative estimate of drug-likeness (QED) is 0.927. The van der Waals surface area contributed by atoms with Gasteiger partial charge in [0.2, 0.25) is 0 Å². The lowest BCUT2D eigenvalue weighted by atomic mass is 9.96. The first-order valence-electron chi connectivity index (χ1n) is 7.91. The van der Waals surface area contributed by atoms with Crippen molar-refractivity contribution in [3.05, 3.63) is 23.5 Å². The first kappa shape index (κ1) is 17.7. The third kappa shape index (κ3) is 3.82. The van der Waals surface area contributed by atoms with E-state index in [-0.39, 0.29) is 18.3 Å². The molecule has 2 aromatic rings. The van der Waals surface area contributed by atoms with Crippen molar-refractivity contribution < 1.29 is 9.32 Å². The lowest BCUT2D eigenvalue weighted by Crippen LogP contribution is -2.40. The summed E-state index contributed by atoms with van der Waals surface area (Å²) in [5.74, 6) is 0.724. The summed E-state index contributed by atoms with van der Waals surface area (Å²) in [6, 6.07) is 1.83. The molecule has 1 N–H and O–H groups in total. The van der Waals surface area contributed by atoms with Gasteiger partial charge in [-0.25, -0.2) is 4.98 Å². The van der Waals surface area contributed by atoms with Crippen LogP contribution in [0.25, 0.3) is 11.1 Å². The smallest absolute Gasteiger partial charge is 0.257 e. The van der Waals surface area contributed by atoms with Crippen molar-refractivity contribution in [2.75, 3.05) is 26.2 Å². The molecule has 1 saturated heterocycles. The largest absolute Gasteiger partial charge is 0.339 e. The molecule has 0 radical (unpaired) electrons. The number of rotatable bonds is 4. The Morgan fingerprint density at radius 3 is 2.87 bits per heavy atom. The molecule has 7 heteroatoms. The average molecular weight is 339 g/mol. The lowest BCUT2D eigenvalue weighted by Gasteiger charge is -2.32. The molecule has 0 spiro atoms. The number of nitrogens with zero attached hydrogens (tertiary/aromatic N) is 3. The van der Waals surface area contributed by atoms with Crippen LogP contribution in [-0.2, 0) is 0 Å². The van der Waals surface area contributed by atoms with E-state index in [9.17, 15) is 4.79 Å². The minimum absolute atomic E-state index is 0. The minimum atomic E-state index is 0. The highest BCUT2D eigenvalue weighted by atomic mass is 35.5.